The monoisotopic (exact) mass is 332 g/mol. The first kappa shape index (κ1) is 16.8. The number of amides is 1. The number of nitrogens with zero attached hydrogens (tertiary/aromatic N) is 1. The summed E-state index contributed by atoms with van der Waals surface area (Å²) >= 11 is 5.80. The molecule has 2 aromatic carbocycles. The van der Waals surface area contributed by atoms with Gasteiger partial charge in [-0.1, -0.05) is 23.7 Å². The van der Waals surface area contributed by atoms with E-state index in [0.29, 0.717) is 22.0 Å². The molecular formula is C17H17ClN2O3. The Bertz CT molecular complexity index is 727. The summed E-state index contributed by atoms with van der Waals surface area (Å²) < 4.78 is 5.02. The minimum absolute atomic E-state index is 0.0394. The van der Waals surface area contributed by atoms with Crippen molar-refractivity contribution in [2.24, 2.45) is 5.10 Å². The van der Waals surface area contributed by atoms with Gasteiger partial charge in [0.1, 0.15) is 11.5 Å². The van der Waals surface area contributed by atoms with Gasteiger partial charge in [-0.3, -0.25) is 4.79 Å². The Morgan fingerprint density at radius 2 is 1.96 bits per heavy atom. The van der Waals surface area contributed by atoms with Gasteiger partial charge in [0.15, 0.2) is 0 Å². The van der Waals surface area contributed by atoms with E-state index in [-0.39, 0.29) is 18.1 Å². The van der Waals surface area contributed by atoms with Crippen molar-refractivity contribution in [1.29, 1.82) is 0 Å². The number of aromatic hydroxyl groups is 1. The lowest BCUT2D eigenvalue weighted by molar-refractivity contribution is -0.120. The van der Waals surface area contributed by atoms with Crippen molar-refractivity contribution >= 4 is 23.2 Å². The van der Waals surface area contributed by atoms with Gasteiger partial charge in [-0.25, -0.2) is 5.43 Å². The van der Waals surface area contributed by atoms with Gasteiger partial charge in [0, 0.05) is 16.7 Å². The molecule has 1 amide bonds. The van der Waals surface area contributed by atoms with E-state index in [9.17, 15) is 9.90 Å². The average molecular weight is 333 g/mol. The number of phenols is 1. The second-order valence-electron chi connectivity index (χ2n) is 4.92. The first-order chi connectivity index (χ1) is 11.0. The first-order valence-electron chi connectivity index (χ1n) is 6.94. The highest BCUT2D eigenvalue weighted by Gasteiger charge is 2.07. The fourth-order valence-electron chi connectivity index (χ4n) is 1.98. The zero-order valence-electron chi connectivity index (χ0n) is 12.8. The van der Waals surface area contributed by atoms with Gasteiger partial charge in [-0.2, -0.15) is 5.10 Å². The van der Waals surface area contributed by atoms with Crippen LogP contribution < -0.4 is 10.2 Å². The van der Waals surface area contributed by atoms with Crippen LogP contribution in [0.3, 0.4) is 0 Å². The molecule has 2 N–H and O–H groups in total. The normalized spacial score (nSPS) is 11.2. The molecule has 0 aromatic heterocycles. The van der Waals surface area contributed by atoms with Crippen LogP contribution in [-0.4, -0.2) is 23.8 Å². The summed E-state index contributed by atoms with van der Waals surface area (Å²) in [5.74, 6) is 0.336. The molecule has 6 heteroatoms. The Hall–Kier alpha value is -2.53. The Balaban J connectivity index is 2.01. The number of benzene rings is 2. The standard InChI is InChI=1S/C17H17ClN2O3/c1-11(15-8-7-14(23-2)10-16(15)21)19-20-17(22)9-12-3-5-13(18)6-4-12/h3-8,10,21H,9H2,1-2H3,(H,20,22). The Kier molecular flexibility index (Phi) is 5.60. The van der Waals surface area contributed by atoms with Crippen molar-refractivity contribution in [3.63, 3.8) is 0 Å². The van der Waals surface area contributed by atoms with Crippen molar-refractivity contribution < 1.29 is 14.6 Å². The number of carbonyl (C=O) groups is 1. The number of hydrazone groups is 1. The van der Waals surface area contributed by atoms with Crippen LogP contribution in [0.15, 0.2) is 47.6 Å². The summed E-state index contributed by atoms with van der Waals surface area (Å²) in [5.41, 5.74) is 4.33. The Labute approximate surface area is 139 Å². The molecule has 2 rings (SSSR count). The van der Waals surface area contributed by atoms with Crippen LogP contribution in [0.4, 0.5) is 0 Å². The van der Waals surface area contributed by atoms with Gasteiger partial charge in [0.25, 0.3) is 0 Å². The number of rotatable bonds is 5. The van der Waals surface area contributed by atoms with E-state index in [1.807, 2.05) is 0 Å². The van der Waals surface area contributed by atoms with Crippen molar-refractivity contribution in [2.45, 2.75) is 13.3 Å². The molecule has 2 aromatic rings. The van der Waals surface area contributed by atoms with Crippen LogP contribution in [-0.2, 0) is 11.2 Å². The van der Waals surface area contributed by atoms with Crippen molar-refractivity contribution in [2.75, 3.05) is 7.11 Å². The van der Waals surface area contributed by atoms with Crippen molar-refractivity contribution in [3.05, 3.63) is 58.6 Å². The summed E-state index contributed by atoms with van der Waals surface area (Å²) in [6.07, 6.45) is 0.197. The second-order valence-corrected chi connectivity index (χ2v) is 5.35. The third-order valence-electron chi connectivity index (χ3n) is 3.22. The lowest BCUT2D eigenvalue weighted by Gasteiger charge is -2.07. The lowest BCUT2D eigenvalue weighted by atomic mass is 10.1. The highest BCUT2D eigenvalue weighted by atomic mass is 35.5. The van der Waals surface area contributed by atoms with E-state index in [4.69, 9.17) is 16.3 Å². The molecule has 23 heavy (non-hydrogen) atoms. The molecule has 0 heterocycles. The van der Waals surface area contributed by atoms with Crippen molar-refractivity contribution in [3.8, 4) is 11.5 Å². The average Bonchev–Trinajstić information content (AvgIpc) is 2.54. The van der Waals surface area contributed by atoms with Gasteiger partial charge < -0.3 is 9.84 Å². The molecule has 0 radical (unpaired) electrons. The third-order valence-corrected chi connectivity index (χ3v) is 3.47. The molecular weight excluding hydrogens is 316 g/mol. The largest absolute Gasteiger partial charge is 0.507 e. The van der Waals surface area contributed by atoms with E-state index in [1.165, 1.54) is 13.2 Å². The maximum Gasteiger partial charge on any atom is 0.244 e. The summed E-state index contributed by atoms with van der Waals surface area (Å²) in [6.45, 7) is 1.70. The molecule has 0 fully saturated rings. The van der Waals surface area contributed by atoms with Gasteiger partial charge in [0.2, 0.25) is 5.91 Å². The number of halogens is 1. The van der Waals surface area contributed by atoms with Gasteiger partial charge in [-0.05, 0) is 36.8 Å². The van der Waals surface area contributed by atoms with E-state index in [1.54, 1.807) is 43.3 Å². The highest BCUT2D eigenvalue weighted by molar-refractivity contribution is 6.30. The number of ether oxygens (including phenoxy) is 1. The zero-order chi connectivity index (χ0) is 16.8. The van der Waals surface area contributed by atoms with Crippen LogP contribution in [0, 0.1) is 0 Å². The quantitative estimate of drug-likeness (QED) is 0.652. The van der Waals surface area contributed by atoms with E-state index in [0.717, 1.165) is 5.56 Å². The van der Waals surface area contributed by atoms with Crippen LogP contribution in [0.1, 0.15) is 18.1 Å². The molecule has 0 bridgehead atoms. The predicted molar refractivity (Wildman–Crippen MR) is 90.2 cm³/mol. The number of carbonyl (C=O) groups excluding carboxylic acids is 1. The molecule has 0 saturated heterocycles. The number of nitrogens with one attached hydrogen (secondary N) is 1. The number of methoxy groups -OCH3 is 1. The molecule has 0 spiro atoms. The van der Waals surface area contributed by atoms with Crippen LogP contribution >= 0.6 is 11.6 Å². The number of phenolic OH excluding ortho intramolecular Hbond substituents is 1. The zero-order valence-corrected chi connectivity index (χ0v) is 13.6. The Morgan fingerprint density at radius 1 is 1.26 bits per heavy atom. The fourth-order valence-corrected chi connectivity index (χ4v) is 2.10. The maximum atomic E-state index is 11.9. The summed E-state index contributed by atoms with van der Waals surface area (Å²) in [7, 11) is 1.52. The van der Waals surface area contributed by atoms with E-state index < -0.39 is 0 Å². The minimum Gasteiger partial charge on any atom is -0.507 e. The second kappa shape index (κ2) is 7.65. The van der Waals surface area contributed by atoms with Crippen LogP contribution in [0.25, 0.3) is 0 Å². The smallest absolute Gasteiger partial charge is 0.244 e. The minimum atomic E-state index is -0.250. The molecule has 0 aliphatic heterocycles. The molecule has 0 aliphatic rings. The number of hydrogen-bond acceptors (Lipinski definition) is 4. The summed E-state index contributed by atoms with van der Waals surface area (Å²) in [5, 5.41) is 14.6. The molecule has 0 aliphatic carbocycles. The molecule has 0 unspecified atom stereocenters. The predicted octanol–water partition coefficient (Wildman–Crippen LogP) is 3.14. The highest BCUT2D eigenvalue weighted by Crippen LogP contribution is 2.23. The Morgan fingerprint density at radius 3 is 2.57 bits per heavy atom. The fraction of sp³-hybridized carbons (Fsp3) is 0.176. The molecule has 5 nitrogen and oxygen atoms in total. The molecule has 0 saturated carbocycles. The SMILES string of the molecule is COc1ccc(C(C)=NNC(=O)Cc2ccc(Cl)cc2)c(O)c1. The third kappa shape index (κ3) is 4.72. The first-order valence-corrected chi connectivity index (χ1v) is 7.32. The lowest BCUT2D eigenvalue weighted by Crippen LogP contribution is -2.21. The maximum absolute atomic E-state index is 11.9. The van der Waals surface area contributed by atoms with Crippen LogP contribution in [0.2, 0.25) is 5.02 Å². The van der Waals surface area contributed by atoms with Gasteiger partial charge >= 0.3 is 0 Å². The van der Waals surface area contributed by atoms with Gasteiger partial charge in [-0.15, -0.1) is 0 Å². The van der Waals surface area contributed by atoms with Crippen LogP contribution in [0.5, 0.6) is 11.5 Å². The van der Waals surface area contributed by atoms with Gasteiger partial charge in [0.05, 0.1) is 19.2 Å². The topological polar surface area (TPSA) is 70.9 Å². The molecule has 120 valence electrons. The number of hydrogen-bond donors (Lipinski definition) is 2. The summed E-state index contributed by atoms with van der Waals surface area (Å²) in [6, 6.07) is 11.9. The van der Waals surface area contributed by atoms with E-state index in [2.05, 4.69) is 10.5 Å². The summed E-state index contributed by atoms with van der Waals surface area (Å²) in [4.78, 5) is 11.9. The molecule has 0 atom stereocenters. The van der Waals surface area contributed by atoms with Crippen molar-refractivity contribution in [1.82, 2.24) is 5.43 Å². The van der Waals surface area contributed by atoms with E-state index >= 15 is 0 Å².